The fourth-order valence-electron chi connectivity index (χ4n) is 3.52. The van der Waals surface area contributed by atoms with Crippen LogP contribution in [0.15, 0.2) is 48.0 Å². The molecule has 0 radical (unpaired) electrons. The molecular weight excluding hydrogens is 380 g/mol. The molecule has 1 N–H and O–H groups in total. The van der Waals surface area contributed by atoms with Crippen molar-refractivity contribution in [1.29, 1.82) is 0 Å². The molecule has 27 heavy (non-hydrogen) atoms. The first-order chi connectivity index (χ1) is 13.1. The van der Waals surface area contributed by atoms with Gasteiger partial charge in [-0.3, -0.25) is 9.69 Å². The zero-order chi connectivity index (χ0) is 18.8. The molecule has 0 fully saturated rings. The maximum Gasteiger partial charge on any atom is 0.239 e. The molecule has 1 atom stereocenters. The van der Waals surface area contributed by atoms with Crippen molar-refractivity contribution >= 4 is 34.7 Å². The van der Waals surface area contributed by atoms with Gasteiger partial charge >= 0.3 is 0 Å². The number of benzene rings is 1. The molecule has 0 aliphatic carbocycles. The third-order valence-corrected chi connectivity index (χ3v) is 6.19. The van der Waals surface area contributed by atoms with Gasteiger partial charge in [0.2, 0.25) is 5.91 Å². The van der Waals surface area contributed by atoms with E-state index >= 15 is 0 Å². The van der Waals surface area contributed by atoms with Gasteiger partial charge in [0.25, 0.3) is 0 Å². The van der Waals surface area contributed by atoms with Crippen molar-refractivity contribution in [2.24, 2.45) is 0 Å². The van der Waals surface area contributed by atoms with Gasteiger partial charge in [0.1, 0.15) is 5.82 Å². The first kappa shape index (κ1) is 18.2. The quantitative estimate of drug-likeness (QED) is 0.698. The van der Waals surface area contributed by atoms with Crippen LogP contribution in [0.1, 0.15) is 29.0 Å². The number of hydrogen-bond acceptors (Lipinski definition) is 4. The largest absolute Gasteiger partial charge is 0.310 e. The van der Waals surface area contributed by atoms with E-state index in [-0.39, 0.29) is 11.9 Å². The third kappa shape index (κ3) is 4.08. The topological polar surface area (TPSA) is 50.2 Å². The van der Waals surface area contributed by atoms with Crippen molar-refractivity contribution in [3.8, 4) is 0 Å². The Morgan fingerprint density at radius 3 is 3.11 bits per heavy atom. The second-order valence-electron chi connectivity index (χ2n) is 6.75. The van der Waals surface area contributed by atoms with E-state index in [1.807, 2.05) is 41.7 Å². The number of anilines is 1. The standard InChI is InChI=1S/C20H21ClN4OS/c1-14-17-7-10-27-18(17)6-9-24(14)13-20(26)23-19-5-8-22-25(19)12-15-3-2-4-16(21)11-15/h2-5,7-8,10-11,14H,6,9,12-13H2,1H3,(H,23,26). The fourth-order valence-corrected chi connectivity index (χ4v) is 4.69. The van der Waals surface area contributed by atoms with Gasteiger partial charge in [-0.2, -0.15) is 5.10 Å². The predicted octanol–water partition coefficient (Wildman–Crippen LogP) is 4.20. The Labute approximate surface area is 167 Å². The Morgan fingerprint density at radius 1 is 1.37 bits per heavy atom. The summed E-state index contributed by atoms with van der Waals surface area (Å²) in [6.07, 6.45) is 2.71. The number of carbonyl (C=O) groups is 1. The molecule has 4 rings (SSSR count). The Balaban J connectivity index is 1.40. The summed E-state index contributed by atoms with van der Waals surface area (Å²) < 4.78 is 1.78. The summed E-state index contributed by atoms with van der Waals surface area (Å²) in [6, 6.07) is 11.9. The Morgan fingerprint density at radius 2 is 2.26 bits per heavy atom. The van der Waals surface area contributed by atoms with Crippen molar-refractivity contribution in [3.05, 3.63) is 69.0 Å². The van der Waals surface area contributed by atoms with E-state index in [0.29, 0.717) is 23.9 Å². The van der Waals surface area contributed by atoms with Crippen LogP contribution in [-0.2, 0) is 17.8 Å². The normalized spacial score (nSPS) is 16.9. The summed E-state index contributed by atoms with van der Waals surface area (Å²) in [7, 11) is 0. The molecule has 1 aromatic carbocycles. The molecule has 140 valence electrons. The lowest BCUT2D eigenvalue weighted by molar-refractivity contribution is -0.118. The number of aromatic nitrogens is 2. The van der Waals surface area contributed by atoms with Crippen LogP contribution in [0.2, 0.25) is 5.02 Å². The number of amides is 1. The molecule has 0 spiro atoms. The van der Waals surface area contributed by atoms with Crippen LogP contribution in [-0.4, -0.2) is 33.7 Å². The van der Waals surface area contributed by atoms with Crippen molar-refractivity contribution < 1.29 is 4.79 Å². The minimum atomic E-state index is -0.0200. The summed E-state index contributed by atoms with van der Waals surface area (Å²) >= 11 is 7.86. The Hall–Kier alpha value is -2.15. The highest BCUT2D eigenvalue weighted by Gasteiger charge is 2.26. The number of rotatable bonds is 5. The Bertz CT molecular complexity index is 951. The molecule has 7 heteroatoms. The summed E-state index contributed by atoms with van der Waals surface area (Å²) in [6.45, 7) is 4.01. The highest BCUT2D eigenvalue weighted by molar-refractivity contribution is 7.10. The average molecular weight is 401 g/mol. The van der Waals surface area contributed by atoms with Gasteiger partial charge in [0.15, 0.2) is 0 Å². The molecule has 0 saturated heterocycles. The molecule has 2 aromatic heterocycles. The van der Waals surface area contributed by atoms with Gasteiger partial charge in [-0.1, -0.05) is 23.7 Å². The molecular formula is C20H21ClN4OS. The van der Waals surface area contributed by atoms with E-state index in [4.69, 9.17) is 11.6 Å². The van der Waals surface area contributed by atoms with Crippen LogP contribution in [0, 0.1) is 0 Å². The van der Waals surface area contributed by atoms with E-state index in [0.717, 1.165) is 18.5 Å². The number of nitrogens with zero attached hydrogens (tertiary/aromatic N) is 3. The van der Waals surface area contributed by atoms with Crippen LogP contribution >= 0.6 is 22.9 Å². The minimum Gasteiger partial charge on any atom is -0.310 e. The van der Waals surface area contributed by atoms with Gasteiger partial charge in [0, 0.05) is 28.6 Å². The van der Waals surface area contributed by atoms with Gasteiger partial charge in [0.05, 0.1) is 19.3 Å². The first-order valence-electron chi connectivity index (χ1n) is 8.96. The minimum absolute atomic E-state index is 0.0200. The highest BCUT2D eigenvalue weighted by Crippen LogP contribution is 2.32. The lowest BCUT2D eigenvalue weighted by Crippen LogP contribution is -2.39. The van der Waals surface area contributed by atoms with E-state index < -0.39 is 0 Å². The maximum absolute atomic E-state index is 12.6. The fraction of sp³-hybridized carbons (Fsp3) is 0.300. The lowest BCUT2D eigenvalue weighted by atomic mass is 10.0. The summed E-state index contributed by atoms with van der Waals surface area (Å²) in [5, 5.41) is 10.2. The first-order valence-corrected chi connectivity index (χ1v) is 10.2. The van der Waals surface area contributed by atoms with E-state index in [1.54, 1.807) is 10.9 Å². The number of thiophene rings is 1. The molecule has 5 nitrogen and oxygen atoms in total. The van der Waals surface area contributed by atoms with Crippen LogP contribution in [0.4, 0.5) is 5.82 Å². The number of carbonyl (C=O) groups excluding carboxylic acids is 1. The summed E-state index contributed by atoms with van der Waals surface area (Å²) in [5.74, 6) is 0.675. The lowest BCUT2D eigenvalue weighted by Gasteiger charge is -2.32. The monoisotopic (exact) mass is 400 g/mol. The van der Waals surface area contributed by atoms with Crippen molar-refractivity contribution in [3.63, 3.8) is 0 Å². The average Bonchev–Trinajstić information content (AvgIpc) is 3.28. The van der Waals surface area contributed by atoms with E-state index in [9.17, 15) is 4.79 Å². The van der Waals surface area contributed by atoms with Crippen LogP contribution in [0.3, 0.4) is 0 Å². The molecule has 0 saturated carbocycles. The predicted molar refractivity (Wildman–Crippen MR) is 109 cm³/mol. The SMILES string of the molecule is CC1c2ccsc2CCN1CC(=O)Nc1ccnn1Cc1cccc(Cl)c1. The maximum atomic E-state index is 12.6. The second-order valence-corrected chi connectivity index (χ2v) is 8.18. The molecule has 1 unspecified atom stereocenters. The van der Waals surface area contributed by atoms with Gasteiger partial charge in [-0.05, 0) is 48.1 Å². The van der Waals surface area contributed by atoms with Crippen LogP contribution < -0.4 is 5.32 Å². The van der Waals surface area contributed by atoms with Gasteiger partial charge in [-0.15, -0.1) is 11.3 Å². The Kier molecular flexibility index (Phi) is 5.29. The number of halogens is 1. The summed E-state index contributed by atoms with van der Waals surface area (Å²) in [5.41, 5.74) is 2.39. The molecule has 1 amide bonds. The summed E-state index contributed by atoms with van der Waals surface area (Å²) in [4.78, 5) is 16.3. The van der Waals surface area contributed by atoms with E-state index in [2.05, 4.69) is 33.7 Å². The van der Waals surface area contributed by atoms with Gasteiger partial charge < -0.3 is 5.32 Å². The highest BCUT2D eigenvalue weighted by atomic mass is 35.5. The zero-order valence-electron chi connectivity index (χ0n) is 15.1. The van der Waals surface area contributed by atoms with Crippen molar-refractivity contribution in [1.82, 2.24) is 14.7 Å². The van der Waals surface area contributed by atoms with Crippen LogP contribution in [0.25, 0.3) is 0 Å². The smallest absolute Gasteiger partial charge is 0.239 e. The zero-order valence-corrected chi connectivity index (χ0v) is 16.6. The third-order valence-electron chi connectivity index (χ3n) is 4.96. The molecule has 3 aromatic rings. The molecule has 1 aliphatic rings. The van der Waals surface area contributed by atoms with Crippen molar-refractivity contribution in [2.75, 3.05) is 18.4 Å². The van der Waals surface area contributed by atoms with Crippen LogP contribution in [0.5, 0.6) is 0 Å². The number of fused-ring (bicyclic) bond motifs is 1. The number of nitrogens with one attached hydrogen (secondary N) is 1. The molecule has 3 heterocycles. The molecule has 0 bridgehead atoms. The number of hydrogen-bond donors (Lipinski definition) is 1. The van der Waals surface area contributed by atoms with Crippen molar-refractivity contribution in [2.45, 2.75) is 25.9 Å². The molecule has 1 aliphatic heterocycles. The second kappa shape index (κ2) is 7.84. The van der Waals surface area contributed by atoms with E-state index in [1.165, 1.54) is 10.4 Å². The van der Waals surface area contributed by atoms with Gasteiger partial charge in [-0.25, -0.2) is 4.68 Å².